The predicted molar refractivity (Wildman–Crippen MR) is 66.7 cm³/mol. The third-order valence-corrected chi connectivity index (χ3v) is 3.27. The van der Waals surface area contributed by atoms with Crippen LogP contribution in [-0.4, -0.2) is 0 Å². The minimum Gasteiger partial charge on any atom is -0.321 e. The molecule has 1 atom stereocenters. The van der Waals surface area contributed by atoms with E-state index < -0.39 is 5.54 Å². The zero-order chi connectivity index (χ0) is 12.0. The van der Waals surface area contributed by atoms with Crippen molar-refractivity contribution in [1.29, 1.82) is 0 Å². The minimum absolute atomic E-state index is 0.177. The molecule has 16 heavy (non-hydrogen) atoms. The van der Waals surface area contributed by atoms with Gasteiger partial charge in [-0.1, -0.05) is 51.3 Å². The lowest BCUT2D eigenvalue weighted by molar-refractivity contribution is 0.361. The second-order valence-electron chi connectivity index (χ2n) is 4.45. The standard InChI is InChI=1S/C14H22FN/c1-3-5-8-11-14(16,4-2)12-9-6-7-10-13(12)15/h6-7,9-10H,3-5,8,11,16H2,1-2H3. The molecule has 0 aromatic heterocycles. The monoisotopic (exact) mass is 223 g/mol. The molecule has 0 aliphatic rings. The molecule has 2 heteroatoms. The Balaban J connectivity index is 2.83. The highest BCUT2D eigenvalue weighted by molar-refractivity contribution is 5.25. The molecule has 0 aliphatic heterocycles. The zero-order valence-electron chi connectivity index (χ0n) is 10.3. The molecule has 1 aromatic rings. The fourth-order valence-corrected chi connectivity index (χ4v) is 2.06. The van der Waals surface area contributed by atoms with Gasteiger partial charge in [0.05, 0.1) is 0 Å². The summed E-state index contributed by atoms with van der Waals surface area (Å²) in [5.41, 5.74) is 6.48. The van der Waals surface area contributed by atoms with Gasteiger partial charge in [-0.2, -0.15) is 0 Å². The van der Waals surface area contributed by atoms with Gasteiger partial charge in [-0.3, -0.25) is 0 Å². The highest BCUT2D eigenvalue weighted by Gasteiger charge is 2.27. The van der Waals surface area contributed by atoms with Crippen molar-refractivity contribution < 1.29 is 4.39 Å². The van der Waals surface area contributed by atoms with E-state index in [2.05, 4.69) is 6.92 Å². The number of benzene rings is 1. The van der Waals surface area contributed by atoms with Crippen LogP contribution in [0.15, 0.2) is 24.3 Å². The Morgan fingerprint density at radius 3 is 2.44 bits per heavy atom. The van der Waals surface area contributed by atoms with E-state index in [-0.39, 0.29) is 5.82 Å². The highest BCUT2D eigenvalue weighted by Crippen LogP contribution is 2.29. The first kappa shape index (κ1) is 13.2. The lowest BCUT2D eigenvalue weighted by Crippen LogP contribution is -2.36. The van der Waals surface area contributed by atoms with E-state index in [4.69, 9.17) is 5.73 Å². The number of rotatable bonds is 6. The topological polar surface area (TPSA) is 26.0 Å². The van der Waals surface area contributed by atoms with Crippen LogP contribution in [0.3, 0.4) is 0 Å². The first-order valence-corrected chi connectivity index (χ1v) is 6.18. The van der Waals surface area contributed by atoms with Crippen LogP contribution in [0.4, 0.5) is 4.39 Å². The molecule has 90 valence electrons. The maximum Gasteiger partial charge on any atom is 0.128 e. The van der Waals surface area contributed by atoms with Crippen LogP contribution in [0.2, 0.25) is 0 Å². The largest absolute Gasteiger partial charge is 0.321 e. The lowest BCUT2D eigenvalue weighted by Gasteiger charge is -2.29. The van der Waals surface area contributed by atoms with Crippen molar-refractivity contribution in [3.8, 4) is 0 Å². The van der Waals surface area contributed by atoms with E-state index in [0.29, 0.717) is 5.56 Å². The van der Waals surface area contributed by atoms with Gasteiger partial charge >= 0.3 is 0 Å². The van der Waals surface area contributed by atoms with E-state index in [1.807, 2.05) is 19.1 Å². The minimum atomic E-state index is -0.499. The average molecular weight is 223 g/mol. The summed E-state index contributed by atoms with van der Waals surface area (Å²) in [6.45, 7) is 4.19. The smallest absolute Gasteiger partial charge is 0.128 e. The summed E-state index contributed by atoms with van der Waals surface area (Å²) in [5.74, 6) is -0.177. The number of halogens is 1. The first-order chi connectivity index (χ1) is 7.64. The molecule has 1 unspecified atom stereocenters. The van der Waals surface area contributed by atoms with Crippen LogP contribution in [0.25, 0.3) is 0 Å². The van der Waals surface area contributed by atoms with Crippen LogP contribution in [-0.2, 0) is 5.54 Å². The van der Waals surface area contributed by atoms with Gasteiger partial charge in [-0.15, -0.1) is 0 Å². The SMILES string of the molecule is CCCCCC(N)(CC)c1ccccc1F. The molecule has 0 bridgehead atoms. The van der Waals surface area contributed by atoms with Crippen molar-refractivity contribution in [3.05, 3.63) is 35.6 Å². The number of nitrogens with two attached hydrogens (primary N) is 1. The zero-order valence-corrected chi connectivity index (χ0v) is 10.3. The van der Waals surface area contributed by atoms with Gasteiger partial charge in [-0.05, 0) is 18.9 Å². The average Bonchev–Trinajstić information content (AvgIpc) is 2.30. The van der Waals surface area contributed by atoms with E-state index in [0.717, 1.165) is 32.1 Å². The number of hydrogen-bond donors (Lipinski definition) is 1. The third kappa shape index (κ3) is 3.05. The van der Waals surface area contributed by atoms with E-state index in [1.54, 1.807) is 6.07 Å². The van der Waals surface area contributed by atoms with Crippen molar-refractivity contribution in [2.45, 2.75) is 51.5 Å². The van der Waals surface area contributed by atoms with Crippen molar-refractivity contribution in [1.82, 2.24) is 0 Å². The Morgan fingerprint density at radius 1 is 1.19 bits per heavy atom. The van der Waals surface area contributed by atoms with Gasteiger partial charge in [0, 0.05) is 11.1 Å². The molecule has 0 amide bonds. The van der Waals surface area contributed by atoms with Crippen LogP contribution >= 0.6 is 0 Å². The van der Waals surface area contributed by atoms with Crippen LogP contribution in [0.1, 0.15) is 51.5 Å². The van der Waals surface area contributed by atoms with E-state index in [9.17, 15) is 4.39 Å². The van der Waals surface area contributed by atoms with E-state index in [1.165, 1.54) is 6.07 Å². The highest BCUT2D eigenvalue weighted by atomic mass is 19.1. The van der Waals surface area contributed by atoms with Gasteiger partial charge < -0.3 is 5.73 Å². The third-order valence-electron chi connectivity index (χ3n) is 3.27. The fraction of sp³-hybridized carbons (Fsp3) is 0.571. The Kier molecular flexibility index (Phi) is 4.94. The number of unbranched alkanes of at least 4 members (excludes halogenated alkanes) is 2. The molecule has 0 saturated heterocycles. The Hall–Kier alpha value is -0.890. The molecule has 1 rings (SSSR count). The Labute approximate surface area is 97.9 Å². The fourth-order valence-electron chi connectivity index (χ4n) is 2.06. The summed E-state index contributed by atoms with van der Waals surface area (Å²) in [5, 5.41) is 0. The second-order valence-corrected chi connectivity index (χ2v) is 4.45. The summed E-state index contributed by atoms with van der Waals surface area (Å²) in [4.78, 5) is 0. The van der Waals surface area contributed by atoms with Gasteiger partial charge in [0.25, 0.3) is 0 Å². The maximum absolute atomic E-state index is 13.7. The molecule has 0 aliphatic carbocycles. The molecule has 0 fully saturated rings. The van der Waals surface area contributed by atoms with Crippen LogP contribution in [0, 0.1) is 5.82 Å². The molecule has 0 radical (unpaired) electrons. The van der Waals surface area contributed by atoms with Crippen LogP contribution < -0.4 is 5.73 Å². The van der Waals surface area contributed by atoms with Gasteiger partial charge in [-0.25, -0.2) is 4.39 Å². The van der Waals surface area contributed by atoms with Gasteiger partial charge in [0.2, 0.25) is 0 Å². The van der Waals surface area contributed by atoms with E-state index >= 15 is 0 Å². The van der Waals surface area contributed by atoms with Crippen molar-refractivity contribution >= 4 is 0 Å². The van der Waals surface area contributed by atoms with Gasteiger partial charge in [0.1, 0.15) is 5.82 Å². The molecule has 1 aromatic carbocycles. The molecule has 0 saturated carbocycles. The second kappa shape index (κ2) is 6.00. The Morgan fingerprint density at radius 2 is 1.88 bits per heavy atom. The Bertz CT molecular complexity index is 324. The molecular formula is C14H22FN. The normalized spacial score (nSPS) is 14.8. The van der Waals surface area contributed by atoms with Crippen molar-refractivity contribution in [2.24, 2.45) is 5.73 Å². The predicted octanol–water partition coefficient (Wildman–Crippen LogP) is 3.97. The summed E-state index contributed by atoms with van der Waals surface area (Å²) in [6, 6.07) is 6.87. The van der Waals surface area contributed by atoms with Gasteiger partial charge in [0.15, 0.2) is 0 Å². The summed E-state index contributed by atoms with van der Waals surface area (Å²) in [7, 11) is 0. The quantitative estimate of drug-likeness (QED) is 0.725. The summed E-state index contributed by atoms with van der Waals surface area (Å²) in [6.07, 6.45) is 5.02. The molecule has 2 N–H and O–H groups in total. The van der Waals surface area contributed by atoms with Crippen molar-refractivity contribution in [2.75, 3.05) is 0 Å². The number of hydrogen-bond acceptors (Lipinski definition) is 1. The molecule has 0 heterocycles. The maximum atomic E-state index is 13.7. The molecule has 1 nitrogen and oxygen atoms in total. The molecular weight excluding hydrogens is 201 g/mol. The van der Waals surface area contributed by atoms with Crippen LogP contribution in [0.5, 0.6) is 0 Å². The molecule has 0 spiro atoms. The summed E-state index contributed by atoms with van der Waals surface area (Å²) >= 11 is 0. The van der Waals surface area contributed by atoms with Crippen molar-refractivity contribution in [3.63, 3.8) is 0 Å². The summed E-state index contributed by atoms with van der Waals surface area (Å²) < 4.78 is 13.7. The first-order valence-electron chi connectivity index (χ1n) is 6.18. The lowest BCUT2D eigenvalue weighted by atomic mass is 9.83.